The van der Waals surface area contributed by atoms with Crippen molar-refractivity contribution in [1.82, 2.24) is 0 Å². The molecule has 1 atom stereocenters. The molecule has 0 saturated heterocycles. The van der Waals surface area contributed by atoms with Crippen LogP contribution in [0, 0.1) is 0 Å². The van der Waals surface area contributed by atoms with E-state index in [4.69, 9.17) is 14.2 Å². The lowest BCUT2D eigenvalue weighted by molar-refractivity contribution is 0.0658. The molecule has 5 heteroatoms. The van der Waals surface area contributed by atoms with Gasteiger partial charge in [0.05, 0.1) is 11.8 Å². The van der Waals surface area contributed by atoms with Crippen molar-refractivity contribution in [2.75, 3.05) is 6.79 Å². The van der Waals surface area contributed by atoms with Gasteiger partial charge >= 0.3 is 7.60 Å². The van der Waals surface area contributed by atoms with Gasteiger partial charge in [0.15, 0.2) is 6.79 Å². The Morgan fingerprint density at radius 3 is 2.08 bits per heavy atom. The fourth-order valence-corrected chi connectivity index (χ4v) is 2.03. The van der Waals surface area contributed by atoms with Crippen molar-refractivity contribution in [2.45, 2.75) is 39.5 Å². The van der Waals surface area contributed by atoms with Crippen LogP contribution in [0.25, 0.3) is 0 Å². The Labute approximate surface area is 73.4 Å². The van der Waals surface area contributed by atoms with E-state index in [1.54, 1.807) is 27.7 Å². The molecule has 0 aliphatic carbocycles. The van der Waals surface area contributed by atoms with Gasteiger partial charge in [-0.25, -0.2) is 0 Å². The highest BCUT2D eigenvalue weighted by Crippen LogP contribution is 2.53. The number of hydrogen-bond donors (Lipinski definition) is 1. The molecule has 1 N–H and O–H groups in total. The molecular weight excluding hydrogens is 179 g/mol. The molecule has 0 heterocycles. The van der Waals surface area contributed by atoms with Gasteiger partial charge in [-0.2, -0.15) is 0 Å². The van der Waals surface area contributed by atoms with Crippen LogP contribution in [-0.4, -0.2) is 23.7 Å². The summed E-state index contributed by atoms with van der Waals surface area (Å²) < 4.78 is 21.5. The molecule has 12 heavy (non-hydrogen) atoms. The van der Waals surface area contributed by atoms with Gasteiger partial charge in [0.2, 0.25) is 0 Å². The van der Waals surface area contributed by atoms with Crippen molar-refractivity contribution in [1.29, 1.82) is 0 Å². The Bertz CT molecular complexity index is 167. The molecule has 0 aliphatic heterocycles. The highest BCUT2D eigenvalue weighted by Gasteiger charge is 2.30. The molecule has 74 valence electrons. The number of aliphatic hydroxyl groups excluding tert-OH is 1. The molecule has 0 aromatic heterocycles. The van der Waals surface area contributed by atoms with Gasteiger partial charge in [0, 0.05) is 0 Å². The lowest BCUT2D eigenvalue weighted by Gasteiger charge is -2.22. The smallest absolute Gasteiger partial charge is 0.335 e. The van der Waals surface area contributed by atoms with Crippen LogP contribution in [0.4, 0.5) is 0 Å². The Balaban J connectivity index is 4.30. The Morgan fingerprint density at radius 1 is 1.33 bits per heavy atom. The third-order valence-electron chi connectivity index (χ3n) is 1.23. The minimum Gasteiger partial charge on any atom is -0.370 e. The molecule has 0 bridgehead atoms. The molecule has 0 spiro atoms. The second-order valence-corrected chi connectivity index (χ2v) is 5.63. The zero-order chi connectivity index (χ0) is 9.78. The van der Waals surface area contributed by atoms with Crippen molar-refractivity contribution in [3.05, 3.63) is 0 Å². The van der Waals surface area contributed by atoms with E-state index in [0.717, 1.165) is 0 Å². The van der Waals surface area contributed by atoms with Crippen molar-refractivity contribution in [3.63, 3.8) is 0 Å². The van der Waals surface area contributed by atoms with E-state index in [1.807, 2.05) is 0 Å². The van der Waals surface area contributed by atoms with E-state index in [2.05, 4.69) is 0 Å². The molecule has 1 unspecified atom stereocenters. The molecule has 0 amide bonds. The number of aliphatic hydroxyl groups is 1. The van der Waals surface area contributed by atoms with E-state index in [9.17, 15) is 4.57 Å². The molecule has 0 radical (unpaired) electrons. The molecule has 0 aliphatic rings. The minimum absolute atomic E-state index is 0.162. The third kappa shape index (κ3) is 3.68. The van der Waals surface area contributed by atoms with Gasteiger partial charge in [0.25, 0.3) is 0 Å². The maximum absolute atomic E-state index is 11.7. The first-order valence-electron chi connectivity index (χ1n) is 3.96. The van der Waals surface area contributed by atoms with Crippen molar-refractivity contribution in [3.8, 4) is 0 Å². The number of rotatable bonds is 5. The standard InChI is InChI=1S/C7H17O4P/c1-6(2)11-12(9,7(3)4)10-5-8/h6-8H,5H2,1-4H3. The van der Waals surface area contributed by atoms with Gasteiger partial charge in [-0.1, -0.05) is 13.8 Å². The largest absolute Gasteiger partial charge is 0.370 e. The maximum Gasteiger partial charge on any atom is 0.335 e. The van der Waals surface area contributed by atoms with Crippen LogP contribution < -0.4 is 0 Å². The SMILES string of the molecule is CC(C)OP(=O)(OCO)C(C)C. The zero-order valence-electron chi connectivity index (χ0n) is 7.98. The fourth-order valence-electron chi connectivity index (χ4n) is 0.676. The van der Waals surface area contributed by atoms with Gasteiger partial charge in [-0.05, 0) is 13.8 Å². The fraction of sp³-hybridized carbons (Fsp3) is 1.00. The molecule has 0 fully saturated rings. The molecule has 0 aromatic rings. The summed E-state index contributed by atoms with van der Waals surface area (Å²) in [6.45, 7) is 6.45. The quantitative estimate of drug-likeness (QED) is 0.539. The van der Waals surface area contributed by atoms with Crippen LogP contribution >= 0.6 is 7.60 Å². The summed E-state index contributed by atoms with van der Waals surface area (Å²) in [6.07, 6.45) is -0.162. The molecule has 0 saturated carbocycles. The average Bonchev–Trinajstić information content (AvgIpc) is 1.85. The predicted molar refractivity (Wildman–Crippen MR) is 47.1 cm³/mol. The Kier molecular flexibility index (Phi) is 5.02. The summed E-state index contributed by atoms with van der Waals surface area (Å²) in [4.78, 5) is 0. The van der Waals surface area contributed by atoms with E-state index >= 15 is 0 Å². The average molecular weight is 196 g/mol. The lowest BCUT2D eigenvalue weighted by Crippen LogP contribution is -2.10. The van der Waals surface area contributed by atoms with Crippen molar-refractivity contribution >= 4 is 7.60 Å². The second-order valence-electron chi connectivity index (χ2n) is 3.05. The van der Waals surface area contributed by atoms with Crippen molar-refractivity contribution < 1.29 is 18.7 Å². The Morgan fingerprint density at radius 2 is 1.83 bits per heavy atom. The Hall–Kier alpha value is 0.110. The van der Waals surface area contributed by atoms with Crippen molar-refractivity contribution in [2.24, 2.45) is 0 Å². The van der Waals surface area contributed by atoms with Gasteiger partial charge in [-0.15, -0.1) is 0 Å². The lowest BCUT2D eigenvalue weighted by atomic mass is 10.5. The highest BCUT2D eigenvalue weighted by atomic mass is 31.2. The van der Waals surface area contributed by atoms with E-state index in [0.29, 0.717) is 0 Å². The first-order valence-corrected chi connectivity index (χ1v) is 5.57. The van der Waals surface area contributed by atoms with Crippen LogP contribution in [0.2, 0.25) is 0 Å². The summed E-state index contributed by atoms with van der Waals surface area (Å²) in [5.74, 6) is 0. The first kappa shape index (κ1) is 12.1. The van der Waals surface area contributed by atoms with Gasteiger partial charge in [-0.3, -0.25) is 9.09 Å². The van der Waals surface area contributed by atoms with E-state index in [1.165, 1.54) is 0 Å². The maximum atomic E-state index is 11.7. The van der Waals surface area contributed by atoms with E-state index in [-0.39, 0.29) is 11.8 Å². The molecular formula is C7H17O4P. The van der Waals surface area contributed by atoms with Crippen LogP contribution in [0.5, 0.6) is 0 Å². The second kappa shape index (κ2) is 4.97. The summed E-state index contributed by atoms with van der Waals surface area (Å²) in [5.41, 5.74) is -0.230. The topological polar surface area (TPSA) is 55.8 Å². The van der Waals surface area contributed by atoms with Crippen LogP contribution in [0.15, 0.2) is 0 Å². The summed E-state index contributed by atoms with van der Waals surface area (Å²) in [6, 6.07) is 0. The molecule has 0 rings (SSSR count). The van der Waals surface area contributed by atoms with Crippen LogP contribution in [0.1, 0.15) is 27.7 Å². The number of hydrogen-bond acceptors (Lipinski definition) is 4. The minimum atomic E-state index is -3.10. The van der Waals surface area contributed by atoms with Crippen LogP contribution in [-0.2, 0) is 13.6 Å². The van der Waals surface area contributed by atoms with Crippen LogP contribution in [0.3, 0.4) is 0 Å². The summed E-state index contributed by atoms with van der Waals surface area (Å²) >= 11 is 0. The normalized spacial score (nSPS) is 16.9. The third-order valence-corrected chi connectivity index (χ3v) is 3.68. The van der Waals surface area contributed by atoms with E-state index < -0.39 is 14.4 Å². The molecule has 4 nitrogen and oxygen atoms in total. The zero-order valence-corrected chi connectivity index (χ0v) is 8.88. The monoisotopic (exact) mass is 196 g/mol. The van der Waals surface area contributed by atoms with Gasteiger partial charge in [0.1, 0.15) is 0 Å². The predicted octanol–water partition coefficient (Wildman–Crippen LogP) is 1.98. The first-order chi connectivity index (χ1) is 5.42. The highest BCUT2D eigenvalue weighted by molar-refractivity contribution is 7.54. The summed E-state index contributed by atoms with van der Waals surface area (Å²) in [5, 5.41) is 8.49. The summed E-state index contributed by atoms with van der Waals surface area (Å²) in [7, 11) is -3.10. The van der Waals surface area contributed by atoms with Gasteiger partial charge < -0.3 is 9.63 Å². The molecule has 0 aromatic carbocycles.